The Bertz CT molecular complexity index is 1360. The summed E-state index contributed by atoms with van der Waals surface area (Å²) in [5.74, 6) is -54.2. The summed E-state index contributed by atoms with van der Waals surface area (Å²) in [4.78, 5) is 0. The van der Waals surface area contributed by atoms with Crippen molar-refractivity contribution >= 4 is 58.2 Å². The molecular weight excluding hydrogens is 1030 g/mol. The van der Waals surface area contributed by atoms with Gasteiger partial charge < -0.3 is 4.12 Å². The van der Waals surface area contributed by atoms with Crippen molar-refractivity contribution in [3.63, 3.8) is 0 Å². The number of unbranched alkanes of at least 4 members (excludes halogenated alkanes) is 1. The van der Waals surface area contributed by atoms with Crippen LogP contribution in [0.4, 0.5) is 114 Å². The van der Waals surface area contributed by atoms with Gasteiger partial charge in [-0.2, -0.15) is 43.9 Å². The number of halogens is 30. The van der Waals surface area contributed by atoms with Gasteiger partial charge in [-0.1, -0.05) is 6.42 Å². The molecule has 0 unspecified atom stereocenters. The van der Waals surface area contributed by atoms with E-state index in [4.69, 9.17) is 48.4 Å². The number of rotatable bonds is 27. The highest BCUT2D eigenvalue weighted by Gasteiger charge is 2.65. The molecule has 0 fully saturated rings. The lowest BCUT2D eigenvalue weighted by Crippen LogP contribution is -2.44. The smallest absolute Gasteiger partial charge is 0.410 e. The van der Waals surface area contributed by atoms with Crippen molar-refractivity contribution < 1.29 is 118 Å². The molecule has 362 valence electrons. The molecule has 0 N–H and O–H groups in total. The van der Waals surface area contributed by atoms with Crippen LogP contribution in [0.2, 0.25) is 12.1 Å². The molecule has 0 saturated heterocycles. The Hall–Kier alpha value is -0.266. The molecule has 0 saturated carbocycles. The normalized spacial score (nSPS) is 15.9. The molecule has 0 amide bonds. The van der Waals surface area contributed by atoms with Crippen LogP contribution in [-0.4, -0.2) is 85.5 Å². The molecule has 0 aromatic rings. The summed E-state index contributed by atoms with van der Waals surface area (Å²) >= 11 is 23.6. The van der Waals surface area contributed by atoms with Gasteiger partial charge in [0.1, 0.15) is 0 Å². The minimum atomic E-state index is -6.64. The maximum atomic E-state index is 14.3. The van der Waals surface area contributed by atoms with Crippen LogP contribution in [-0.2, 0) is 4.12 Å². The van der Waals surface area contributed by atoms with Gasteiger partial charge in [0.05, 0.1) is 51.4 Å². The number of hydrogen-bond acceptors (Lipinski definition) is 1. The highest BCUT2D eigenvalue weighted by molar-refractivity contribution is 7.50. The Morgan fingerprint density at radius 2 is 0.500 bits per heavy atom. The summed E-state index contributed by atoms with van der Waals surface area (Å²) in [6.45, 7) is -8.66. The summed E-state index contributed by atoms with van der Waals surface area (Å²) in [7, 11) is 0. The second-order valence-corrected chi connectivity index (χ2v) is 27.0. The Balaban J connectivity index is 5.13. The van der Waals surface area contributed by atoms with E-state index in [0.717, 1.165) is 0 Å². The maximum absolute atomic E-state index is 14.3. The van der Waals surface area contributed by atoms with Crippen LogP contribution in [0.25, 0.3) is 0 Å². The first-order valence-corrected chi connectivity index (χ1v) is 24.4. The molecule has 0 radical (unpaired) electrons. The highest BCUT2D eigenvalue weighted by atomic mass is 35.7. The molecule has 0 spiro atoms. The molecule has 1 nitrogen and oxygen atoms in total. The monoisotopic (exact) mass is 1060 g/mol. The lowest BCUT2D eigenvalue weighted by atomic mass is 9.95. The summed E-state index contributed by atoms with van der Waals surface area (Å²) in [5, 5.41) is 0. The Morgan fingerprint density at radius 1 is 0.283 bits per heavy atom. The van der Waals surface area contributed by atoms with E-state index in [-0.39, 0.29) is 0 Å². The van der Waals surface area contributed by atoms with Crippen molar-refractivity contribution in [1.29, 1.82) is 0 Å². The fourth-order valence-electron chi connectivity index (χ4n) is 5.26. The summed E-state index contributed by atoms with van der Waals surface area (Å²) in [6.07, 6.45) is -44.5. The van der Waals surface area contributed by atoms with Gasteiger partial charge in [-0.25, -0.2) is 70.2 Å². The standard InChI is InChI=1S/C27H30Cl4F26OSi2/c28-59(29,6-2-1-4-16(32,33)8-18(36,37)10-20(40,41)12-22(44,45)14-24(48,49)26(52,53)54)58-60(30,31)7-3-5-17(34,35)9-19(38,39)11-21(42,43)13-23(46,47)15-25(50,51)27(55,56)57/h1-15H2. The second kappa shape index (κ2) is 19.7. The fourth-order valence-corrected chi connectivity index (χ4v) is 16.8. The van der Waals surface area contributed by atoms with Gasteiger partial charge in [0, 0.05) is 12.8 Å². The molecule has 0 atom stereocenters. The summed E-state index contributed by atoms with van der Waals surface area (Å²) < 4.78 is 352. The average Bonchev–Trinajstić information content (AvgIpc) is 2.83. The largest absolute Gasteiger partial charge is 0.453 e. The van der Waals surface area contributed by atoms with E-state index in [9.17, 15) is 114 Å². The third-order valence-corrected chi connectivity index (χ3v) is 16.8. The molecule has 0 aliphatic heterocycles. The Kier molecular flexibility index (Phi) is 19.6. The molecule has 60 heavy (non-hydrogen) atoms. The number of alkyl halides is 26. The van der Waals surface area contributed by atoms with Crippen LogP contribution in [0.1, 0.15) is 83.5 Å². The SMILES string of the molecule is FC(F)(CCCC[Si](Cl)(Cl)O[Si](Cl)(Cl)CCCC(F)(F)CC(F)(F)CC(F)(F)CC(F)(F)CC(F)(F)C(F)(F)F)CC(F)(F)CC(F)(F)CC(F)(F)CC(F)(F)C(F)(F)F. The van der Waals surface area contributed by atoms with Gasteiger partial charge in [-0.3, -0.25) is 0 Å². The zero-order valence-electron chi connectivity index (χ0n) is 29.4. The third kappa shape index (κ3) is 23.6. The molecule has 0 heterocycles. The van der Waals surface area contributed by atoms with Crippen LogP contribution in [0, 0.1) is 0 Å². The zero-order valence-corrected chi connectivity index (χ0v) is 34.4. The Morgan fingerprint density at radius 3 is 0.767 bits per heavy atom. The number of hydrogen-bond donors (Lipinski definition) is 0. The van der Waals surface area contributed by atoms with Crippen molar-refractivity contribution in [2.24, 2.45) is 0 Å². The maximum Gasteiger partial charge on any atom is 0.453 e. The second-order valence-electron chi connectivity index (χ2n) is 14.1. The minimum absolute atomic E-state index is 0.594. The van der Waals surface area contributed by atoms with Crippen LogP contribution in [0.15, 0.2) is 0 Å². The predicted octanol–water partition coefficient (Wildman–Crippen LogP) is 16.4. The van der Waals surface area contributed by atoms with E-state index in [1.54, 1.807) is 0 Å². The van der Waals surface area contributed by atoms with Crippen LogP contribution >= 0.6 is 44.3 Å². The van der Waals surface area contributed by atoms with E-state index in [2.05, 4.69) is 0 Å². The van der Waals surface area contributed by atoms with E-state index >= 15 is 0 Å². The fraction of sp³-hybridized carbons (Fsp3) is 1.00. The topological polar surface area (TPSA) is 9.23 Å². The van der Waals surface area contributed by atoms with Crippen LogP contribution in [0.3, 0.4) is 0 Å². The Labute approximate surface area is 343 Å². The van der Waals surface area contributed by atoms with E-state index in [1.807, 2.05) is 0 Å². The molecule has 0 aromatic carbocycles. The molecular formula is C27H30Cl4F26OSi2. The third-order valence-electron chi connectivity index (χ3n) is 7.46. The molecule has 33 heteroatoms. The first kappa shape index (κ1) is 59.7. The van der Waals surface area contributed by atoms with Gasteiger partial charge in [-0.05, 0) is 24.9 Å². The molecule has 0 rings (SSSR count). The van der Waals surface area contributed by atoms with Crippen LogP contribution in [0.5, 0.6) is 0 Å². The van der Waals surface area contributed by atoms with Crippen molar-refractivity contribution in [3.05, 3.63) is 0 Å². The molecule has 0 aromatic heterocycles. The van der Waals surface area contributed by atoms with E-state index < -0.39 is 181 Å². The minimum Gasteiger partial charge on any atom is -0.410 e. The zero-order chi connectivity index (χ0) is 48.3. The van der Waals surface area contributed by atoms with E-state index in [1.165, 1.54) is 0 Å². The van der Waals surface area contributed by atoms with Gasteiger partial charge in [0.25, 0.3) is 47.4 Å². The van der Waals surface area contributed by atoms with Crippen LogP contribution < -0.4 is 0 Å². The molecule has 0 bridgehead atoms. The average molecular weight is 1060 g/mol. The quantitative estimate of drug-likeness (QED) is 0.0345. The molecule has 0 aliphatic rings. The van der Waals surface area contributed by atoms with Gasteiger partial charge in [-0.15, -0.1) is 44.3 Å². The van der Waals surface area contributed by atoms with Gasteiger partial charge >= 0.3 is 38.1 Å². The van der Waals surface area contributed by atoms with Crippen molar-refractivity contribution in [2.45, 2.75) is 167 Å². The van der Waals surface area contributed by atoms with Gasteiger partial charge in [0.2, 0.25) is 0 Å². The summed E-state index contributed by atoms with van der Waals surface area (Å²) in [5.41, 5.74) is 0. The summed E-state index contributed by atoms with van der Waals surface area (Å²) in [6, 6.07) is -1.55. The lowest BCUT2D eigenvalue weighted by Gasteiger charge is -2.31. The van der Waals surface area contributed by atoms with Crippen molar-refractivity contribution in [2.75, 3.05) is 0 Å². The highest BCUT2D eigenvalue weighted by Crippen LogP contribution is 2.51. The van der Waals surface area contributed by atoms with E-state index in [0.29, 0.717) is 0 Å². The predicted molar refractivity (Wildman–Crippen MR) is 167 cm³/mol. The molecule has 0 aliphatic carbocycles. The first-order valence-electron chi connectivity index (χ1n) is 16.1. The van der Waals surface area contributed by atoms with Crippen molar-refractivity contribution in [1.82, 2.24) is 0 Å². The van der Waals surface area contributed by atoms with Gasteiger partial charge in [0.15, 0.2) is 0 Å². The van der Waals surface area contributed by atoms with Crippen molar-refractivity contribution in [3.8, 4) is 0 Å². The first-order chi connectivity index (χ1) is 25.8. The lowest BCUT2D eigenvalue weighted by molar-refractivity contribution is -0.304.